The molecule has 0 N–H and O–H groups in total. The minimum Gasteiger partial charge on any atom is -0.453 e. The van der Waals surface area contributed by atoms with Crippen LogP contribution in [0.1, 0.15) is 18.6 Å². The number of hydrogen-bond donors (Lipinski definition) is 0. The molecule has 0 amide bonds. The number of esters is 1. The summed E-state index contributed by atoms with van der Waals surface area (Å²) in [6, 6.07) is 7.57. The van der Waals surface area contributed by atoms with E-state index in [4.69, 9.17) is 4.74 Å². The van der Waals surface area contributed by atoms with E-state index in [9.17, 15) is 4.79 Å². The lowest BCUT2D eigenvalue weighted by molar-refractivity contribution is -0.144. The van der Waals surface area contributed by atoms with Gasteiger partial charge in [-0.1, -0.05) is 34.6 Å². The predicted octanol–water partition coefficient (Wildman–Crippen LogP) is 3.24. The summed E-state index contributed by atoms with van der Waals surface area (Å²) in [4.78, 5) is 10.8. The maximum atomic E-state index is 10.8. The molecule has 0 spiro atoms. The summed E-state index contributed by atoms with van der Waals surface area (Å²) >= 11 is 3.33. The Balaban J connectivity index is 2.84. The minimum absolute atomic E-state index is 0.308. The zero-order chi connectivity index (χ0) is 10.6. The maximum Gasteiger partial charge on any atom is 0.303 e. The lowest BCUT2D eigenvalue weighted by Gasteiger charge is -2.12. The molecule has 0 aliphatic carbocycles. The molecule has 3 heteroatoms. The topological polar surface area (TPSA) is 26.3 Å². The predicted molar refractivity (Wildman–Crippen MR) is 58.8 cm³/mol. The molecule has 0 radical (unpaired) electrons. The van der Waals surface area contributed by atoms with E-state index in [1.54, 1.807) is 6.08 Å². The summed E-state index contributed by atoms with van der Waals surface area (Å²) < 4.78 is 6.05. The number of benzene rings is 1. The van der Waals surface area contributed by atoms with Gasteiger partial charge in [0, 0.05) is 11.4 Å². The van der Waals surface area contributed by atoms with Crippen molar-refractivity contribution in [2.24, 2.45) is 0 Å². The largest absolute Gasteiger partial charge is 0.453 e. The second-order valence-corrected chi connectivity index (χ2v) is 3.73. The zero-order valence-corrected chi connectivity index (χ0v) is 9.45. The Morgan fingerprint density at radius 3 is 2.50 bits per heavy atom. The van der Waals surface area contributed by atoms with E-state index in [0.717, 1.165) is 10.0 Å². The number of ether oxygens (including phenoxy) is 1. The standard InChI is InChI=1S/C11H11BrO2/c1-3-11(14-8(2)13)9-4-6-10(12)7-5-9/h3-7,11H,1H2,2H3. The van der Waals surface area contributed by atoms with Gasteiger partial charge < -0.3 is 4.74 Å². The monoisotopic (exact) mass is 254 g/mol. The molecule has 0 aliphatic heterocycles. The molecule has 0 fully saturated rings. The highest BCUT2D eigenvalue weighted by atomic mass is 79.9. The van der Waals surface area contributed by atoms with E-state index in [2.05, 4.69) is 22.5 Å². The molecular formula is C11H11BrO2. The van der Waals surface area contributed by atoms with E-state index in [0.29, 0.717) is 0 Å². The molecule has 0 heterocycles. The maximum absolute atomic E-state index is 10.8. The van der Waals surface area contributed by atoms with Gasteiger partial charge in [0.1, 0.15) is 6.10 Å². The van der Waals surface area contributed by atoms with E-state index in [1.807, 2.05) is 24.3 Å². The second-order valence-electron chi connectivity index (χ2n) is 2.82. The van der Waals surface area contributed by atoms with Crippen LogP contribution in [0.2, 0.25) is 0 Å². The summed E-state index contributed by atoms with van der Waals surface area (Å²) in [5.74, 6) is -0.308. The van der Waals surface area contributed by atoms with Crippen LogP contribution in [-0.4, -0.2) is 5.97 Å². The first-order valence-corrected chi connectivity index (χ1v) is 4.98. The van der Waals surface area contributed by atoms with Gasteiger partial charge in [-0.05, 0) is 23.8 Å². The summed E-state index contributed by atoms with van der Waals surface area (Å²) in [7, 11) is 0. The third-order valence-electron chi connectivity index (χ3n) is 1.71. The molecule has 2 nitrogen and oxygen atoms in total. The average molecular weight is 255 g/mol. The van der Waals surface area contributed by atoms with Gasteiger partial charge in [0.2, 0.25) is 0 Å². The number of carbonyl (C=O) groups is 1. The fourth-order valence-corrected chi connectivity index (χ4v) is 1.35. The van der Waals surface area contributed by atoms with Gasteiger partial charge >= 0.3 is 5.97 Å². The van der Waals surface area contributed by atoms with Crippen LogP contribution in [-0.2, 0) is 9.53 Å². The summed E-state index contributed by atoms with van der Waals surface area (Å²) in [6.07, 6.45) is 1.24. The molecule has 14 heavy (non-hydrogen) atoms. The van der Waals surface area contributed by atoms with Crippen molar-refractivity contribution in [2.45, 2.75) is 13.0 Å². The first kappa shape index (κ1) is 11.0. The number of halogens is 1. The highest BCUT2D eigenvalue weighted by molar-refractivity contribution is 9.10. The van der Waals surface area contributed by atoms with Crippen molar-refractivity contribution in [2.75, 3.05) is 0 Å². The lowest BCUT2D eigenvalue weighted by Crippen LogP contribution is -2.05. The third-order valence-corrected chi connectivity index (χ3v) is 2.23. The summed E-state index contributed by atoms with van der Waals surface area (Å²) in [5, 5.41) is 0. The second kappa shape index (κ2) is 4.96. The van der Waals surface area contributed by atoms with Crippen LogP contribution < -0.4 is 0 Å². The van der Waals surface area contributed by atoms with E-state index in [-0.39, 0.29) is 12.1 Å². The van der Waals surface area contributed by atoms with Gasteiger partial charge in [-0.15, -0.1) is 0 Å². The normalized spacial score (nSPS) is 11.9. The summed E-state index contributed by atoms with van der Waals surface area (Å²) in [6.45, 7) is 5.01. The smallest absolute Gasteiger partial charge is 0.303 e. The quantitative estimate of drug-likeness (QED) is 0.612. The zero-order valence-electron chi connectivity index (χ0n) is 7.87. The van der Waals surface area contributed by atoms with Crippen molar-refractivity contribution in [3.63, 3.8) is 0 Å². The van der Waals surface area contributed by atoms with Crippen molar-refractivity contribution in [3.8, 4) is 0 Å². The fraction of sp³-hybridized carbons (Fsp3) is 0.182. The highest BCUT2D eigenvalue weighted by Gasteiger charge is 2.09. The molecule has 1 atom stereocenters. The Bertz CT molecular complexity index is 330. The van der Waals surface area contributed by atoms with Gasteiger partial charge in [0.15, 0.2) is 0 Å². The highest BCUT2D eigenvalue weighted by Crippen LogP contribution is 2.20. The van der Waals surface area contributed by atoms with Gasteiger partial charge in [0.05, 0.1) is 0 Å². The van der Waals surface area contributed by atoms with Crippen molar-refractivity contribution in [1.82, 2.24) is 0 Å². The molecule has 74 valence electrons. The van der Waals surface area contributed by atoms with Crippen LogP contribution >= 0.6 is 15.9 Å². The first-order chi connectivity index (χ1) is 6.63. The van der Waals surface area contributed by atoms with Crippen LogP contribution in [0.3, 0.4) is 0 Å². The van der Waals surface area contributed by atoms with Crippen molar-refractivity contribution >= 4 is 21.9 Å². The molecule has 0 saturated carbocycles. The van der Waals surface area contributed by atoms with Gasteiger partial charge in [-0.25, -0.2) is 0 Å². The van der Waals surface area contributed by atoms with Crippen molar-refractivity contribution in [1.29, 1.82) is 0 Å². The number of hydrogen-bond acceptors (Lipinski definition) is 2. The Morgan fingerprint density at radius 1 is 1.50 bits per heavy atom. The lowest BCUT2D eigenvalue weighted by atomic mass is 10.1. The van der Waals surface area contributed by atoms with Crippen LogP contribution in [0, 0.1) is 0 Å². The minimum atomic E-state index is -0.361. The average Bonchev–Trinajstić information content (AvgIpc) is 2.15. The Labute approximate surface area is 91.7 Å². The number of carbonyl (C=O) groups excluding carboxylic acids is 1. The van der Waals surface area contributed by atoms with Gasteiger partial charge in [0.25, 0.3) is 0 Å². The Morgan fingerprint density at radius 2 is 2.07 bits per heavy atom. The SMILES string of the molecule is C=CC(OC(C)=O)c1ccc(Br)cc1. The first-order valence-electron chi connectivity index (χ1n) is 4.18. The van der Waals surface area contributed by atoms with E-state index in [1.165, 1.54) is 6.92 Å². The Kier molecular flexibility index (Phi) is 3.89. The molecule has 0 bridgehead atoms. The Hall–Kier alpha value is -1.09. The van der Waals surface area contributed by atoms with Crippen LogP contribution in [0.5, 0.6) is 0 Å². The molecule has 0 aromatic heterocycles. The molecular weight excluding hydrogens is 244 g/mol. The number of rotatable bonds is 3. The van der Waals surface area contributed by atoms with Crippen LogP contribution in [0.15, 0.2) is 41.4 Å². The molecule has 1 unspecified atom stereocenters. The third kappa shape index (κ3) is 3.00. The molecule has 0 saturated heterocycles. The molecule has 0 aliphatic rings. The van der Waals surface area contributed by atoms with Crippen LogP contribution in [0.25, 0.3) is 0 Å². The van der Waals surface area contributed by atoms with Gasteiger partial charge in [-0.2, -0.15) is 0 Å². The van der Waals surface area contributed by atoms with E-state index >= 15 is 0 Å². The molecule has 1 aromatic carbocycles. The van der Waals surface area contributed by atoms with Gasteiger partial charge in [-0.3, -0.25) is 4.79 Å². The fourth-order valence-electron chi connectivity index (χ4n) is 1.08. The van der Waals surface area contributed by atoms with E-state index < -0.39 is 0 Å². The van der Waals surface area contributed by atoms with Crippen molar-refractivity contribution in [3.05, 3.63) is 47.0 Å². The van der Waals surface area contributed by atoms with Crippen LogP contribution in [0.4, 0.5) is 0 Å². The summed E-state index contributed by atoms with van der Waals surface area (Å²) in [5.41, 5.74) is 0.915. The molecule has 1 aromatic rings. The molecule has 1 rings (SSSR count). The van der Waals surface area contributed by atoms with Crippen molar-refractivity contribution < 1.29 is 9.53 Å².